The van der Waals surface area contributed by atoms with Gasteiger partial charge in [0.1, 0.15) is 11.6 Å². The maximum Gasteiger partial charge on any atom is 0.415 e. The lowest BCUT2D eigenvalue weighted by Gasteiger charge is -2.39. The SMILES string of the molecule is CCN(C(=O)Oc1ccc(F)cc1)C1CN(C(=O)C2CCN(C(=O)C3CCOC(C)(C)C3)CC2)CC1c1ccc(Cl)cc1. The van der Waals surface area contributed by atoms with Gasteiger partial charge in [0.25, 0.3) is 0 Å². The average Bonchev–Trinajstić information content (AvgIpc) is 3.43. The van der Waals surface area contributed by atoms with Crippen LogP contribution in [0.5, 0.6) is 5.75 Å². The Kier molecular flexibility index (Phi) is 9.61. The van der Waals surface area contributed by atoms with Crippen molar-refractivity contribution in [1.82, 2.24) is 14.7 Å². The van der Waals surface area contributed by atoms with Crippen LogP contribution in [0, 0.1) is 17.7 Å². The Hall–Kier alpha value is -3.17. The molecule has 0 bridgehead atoms. The van der Waals surface area contributed by atoms with E-state index in [9.17, 15) is 18.8 Å². The molecular formula is C33H41ClFN3O5. The Bertz CT molecular complexity index is 1300. The van der Waals surface area contributed by atoms with Crippen LogP contribution < -0.4 is 4.74 Å². The van der Waals surface area contributed by atoms with Crippen molar-refractivity contribution < 1.29 is 28.2 Å². The van der Waals surface area contributed by atoms with Gasteiger partial charge in [-0.05, 0) is 88.4 Å². The van der Waals surface area contributed by atoms with Gasteiger partial charge >= 0.3 is 6.09 Å². The van der Waals surface area contributed by atoms with Crippen molar-refractivity contribution in [2.45, 2.75) is 64.0 Å². The predicted molar refractivity (Wildman–Crippen MR) is 161 cm³/mol. The number of rotatable bonds is 6. The highest BCUT2D eigenvalue weighted by molar-refractivity contribution is 6.30. The largest absolute Gasteiger partial charge is 0.415 e. The van der Waals surface area contributed by atoms with E-state index >= 15 is 0 Å². The van der Waals surface area contributed by atoms with Crippen molar-refractivity contribution >= 4 is 29.5 Å². The Labute approximate surface area is 258 Å². The van der Waals surface area contributed by atoms with Crippen molar-refractivity contribution in [3.05, 3.63) is 64.9 Å². The number of hydrogen-bond acceptors (Lipinski definition) is 5. The van der Waals surface area contributed by atoms with Crippen LogP contribution in [0.2, 0.25) is 5.02 Å². The minimum absolute atomic E-state index is 0.0369. The van der Waals surface area contributed by atoms with Crippen molar-refractivity contribution in [3.63, 3.8) is 0 Å². The molecule has 2 aromatic carbocycles. The number of benzene rings is 2. The molecule has 3 amide bonds. The maximum absolute atomic E-state index is 13.9. The molecule has 0 saturated carbocycles. The summed E-state index contributed by atoms with van der Waals surface area (Å²) >= 11 is 6.16. The number of hydrogen-bond donors (Lipinski definition) is 0. The van der Waals surface area contributed by atoms with Crippen LogP contribution in [0.1, 0.15) is 57.9 Å². The topological polar surface area (TPSA) is 79.4 Å². The van der Waals surface area contributed by atoms with E-state index in [4.69, 9.17) is 21.1 Å². The molecule has 0 radical (unpaired) electrons. The number of amides is 3. The van der Waals surface area contributed by atoms with Gasteiger partial charge in [-0.3, -0.25) is 9.59 Å². The highest BCUT2D eigenvalue weighted by atomic mass is 35.5. The average molecular weight is 614 g/mol. The van der Waals surface area contributed by atoms with E-state index < -0.39 is 11.9 Å². The summed E-state index contributed by atoms with van der Waals surface area (Å²) in [5.41, 5.74) is 0.690. The molecule has 5 rings (SSSR count). The molecule has 3 aliphatic rings. The molecule has 0 N–H and O–H groups in total. The third-order valence-corrected chi connectivity index (χ3v) is 9.35. The first-order chi connectivity index (χ1) is 20.5. The van der Waals surface area contributed by atoms with E-state index in [2.05, 4.69) is 0 Å². The molecule has 43 heavy (non-hydrogen) atoms. The minimum atomic E-state index is -0.546. The number of carbonyl (C=O) groups is 3. The van der Waals surface area contributed by atoms with Crippen LogP contribution >= 0.6 is 11.6 Å². The van der Waals surface area contributed by atoms with E-state index in [1.165, 1.54) is 24.3 Å². The number of halogens is 2. The molecule has 2 aromatic rings. The van der Waals surface area contributed by atoms with Gasteiger partial charge in [-0.25, -0.2) is 9.18 Å². The van der Waals surface area contributed by atoms with Crippen LogP contribution in [0.15, 0.2) is 48.5 Å². The normalized spacial score (nSPS) is 24.1. The second-order valence-corrected chi connectivity index (χ2v) is 12.9. The van der Waals surface area contributed by atoms with E-state index in [0.29, 0.717) is 63.6 Å². The second-order valence-electron chi connectivity index (χ2n) is 12.5. The van der Waals surface area contributed by atoms with Crippen LogP contribution in [0.4, 0.5) is 9.18 Å². The summed E-state index contributed by atoms with van der Waals surface area (Å²) in [5, 5.41) is 0.611. The zero-order valence-electron chi connectivity index (χ0n) is 25.1. The van der Waals surface area contributed by atoms with E-state index in [1.54, 1.807) is 4.90 Å². The summed E-state index contributed by atoms with van der Waals surface area (Å²) in [6, 6.07) is 12.5. The summed E-state index contributed by atoms with van der Waals surface area (Å²) in [7, 11) is 0. The molecule has 3 atom stereocenters. The maximum atomic E-state index is 13.9. The Balaban J connectivity index is 1.26. The van der Waals surface area contributed by atoms with Gasteiger partial charge in [-0.2, -0.15) is 0 Å². The monoisotopic (exact) mass is 613 g/mol. The molecule has 3 aliphatic heterocycles. The fourth-order valence-corrected chi connectivity index (χ4v) is 6.91. The molecule has 3 saturated heterocycles. The standard InChI is InChI=1S/C33H41ClFN3O5/c1-4-38(32(41)43-27-11-9-26(35)10-12-27)29-21-37(20-28(29)22-5-7-25(34)8-6-22)30(39)23-13-16-36(17-14-23)31(40)24-15-18-42-33(2,3)19-24/h5-12,23-24,28-29H,4,13-21H2,1-3H3. The molecule has 3 unspecified atom stereocenters. The summed E-state index contributed by atoms with van der Waals surface area (Å²) in [4.78, 5) is 45.9. The Morgan fingerprint density at radius 3 is 2.23 bits per heavy atom. The number of likely N-dealkylation sites (tertiary alicyclic amines) is 2. The lowest BCUT2D eigenvalue weighted by molar-refractivity contribution is -0.148. The summed E-state index contributed by atoms with van der Waals surface area (Å²) < 4.78 is 24.8. The predicted octanol–water partition coefficient (Wildman–Crippen LogP) is 5.74. The van der Waals surface area contributed by atoms with E-state index in [0.717, 1.165) is 12.0 Å². The zero-order valence-corrected chi connectivity index (χ0v) is 25.9. The molecule has 3 fully saturated rings. The van der Waals surface area contributed by atoms with Crippen molar-refractivity contribution in [2.24, 2.45) is 11.8 Å². The van der Waals surface area contributed by atoms with Gasteiger partial charge in [-0.15, -0.1) is 0 Å². The fourth-order valence-electron chi connectivity index (χ4n) is 6.79. The molecule has 3 heterocycles. The van der Waals surface area contributed by atoms with Gasteiger partial charge in [0.15, 0.2) is 0 Å². The molecule has 8 nitrogen and oxygen atoms in total. The molecule has 0 aromatic heterocycles. The third kappa shape index (κ3) is 7.32. The number of carbonyl (C=O) groups excluding carboxylic acids is 3. The fraction of sp³-hybridized carbons (Fsp3) is 0.545. The summed E-state index contributed by atoms with van der Waals surface area (Å²) in [6.45, 7) is 8.86. The highest BCUT2D eigenvalue weighted by Gasteiger charge is 2.44. The first-order valence-electron chi connectivity index (χ1n) is 15.3. The van der Waals surface area contributed by atoms with Crippen molar-refractivity contribution in [2.75, 3.05) is 39.3 Å². The van der Waals surface area contributed by atoms with Crippen LogP contribution in [-0.4, -0.2) is 83.6 Å². The van der Waals surface area contributed by atoms with E-state index in [1.807, 2.05) is 54.8 Å². The number of piperidine rings is 1. The minimum Gasteiger partial charge on any atom is -0.410 e. The van der Waals surface area contributed by atoms with Crippen LogP contribution in [0.25, 0.3) is 0 Å². The number of likely N-dealkylation sites (N-methyl/N-ethyl adjacent to an activating group) is 1. The quantitative estimate of drug-likeness (QED) is 0.415. The van der Waals surface area contributed by atoms with Gasteiger partial charge in [0.2, 0.25) is 11.8 Å². The lowest BCUT2D eigenvalue weighted by atomic mass is 9.86. The molecule has 232 valence electrons. The number of nitrogens with zero attached hydrogens (tertiary/aromatic N) is 3. The van der Waals surface area contributed by atoms with Gasteiger partial charge in [0.05, 0.1) is 11.6 Å². The van der Waals surface area contributed by atoms with Gasteiger partial charge < -0.3 is 24.2 Å². The first kappa shape index (κ1) is 31.3. The van der Waals surface area contributed by atoms with Crippen LogP contribution in [-0.2, 0) is 14.3 Å². The number of ether oxygens (including phenoxy) is 2. The molecule has 0 spiro atoms. The lowest BCUT2D eigenvalue weighted by Crippen LogP contribution is -2.48. The van der Waals surface area contributed by atoms with Crippen LogP contribution in [0.3, 0.4) is 0 Å². The van der Waals surface area contributed by atoms with E-state index in [-0.39, 0.29) is 47.0 Å². The first-order valence-corrected chi connectivity index (χ1v) is 15.6. The zero-order chi connectivity index (χ0) is 30.7. The smallest absolute Gasteiger partial charge is 0.410 e. The van der Waals surface area contributed by atoms with Gasteiger partial charge in [0, 0.05) is 62.1 Å². The molecular weight excluding hydrogens is 573 g/mol. The van der Waals surface area contributed by atoms with Crippen molar-refractivity contribution in [1.29, 1.82) is 0 Å². The Morgan fingerprint density at radius 1 is 0.953 bits per heavy atom. The summed E-state index contributed by atoms with van der Waals surface area (Å²) in [5.74, 6) is -0.285. The third-order valence-electron chi connectivity index (χ3n) is 9.10. The Morgan fingerprint density at radius 2 is 1.60 bits per heavy atom. The molecule has 10 heteroatoms. The summed E-state index contributed by atoms with van der Waals surface area (Å²) in [6.07, 6.45) is 2.14. The van der Waals surface area contributed by atoms with Crippen molar-refractivity contribution in [3.8, 4) is 5.75 Å². The molecule has 0 aliphatic carbocycles. The highest BCUT2D eigenvalue weighted by Crippen LogP contribution is 2.35. The second kappa shape index (κ2) is 13.2. The van der Waals surface area contributed by atoms with Gasteiger partial charge in [-0.1, -0.05) is 23.7 Å².